The lowest BCUT2D eigenvalue weighted by atomic mass is 10.1. The molecule has 0 aliphatic carbocycles. The highest BCUT2D eigenvalue weighted by molar-refractivity contribution is 7.80. The topological polar surface area (TPSA) is 67.9 Å². The van der Waals surface area contributed by atoms with E-state index in [0.717, 1.165) is 4.90 Å². The van der Waals surface area contributed by atoms with Crippen LogP contribution in [0.4, 0.5) is 5.69 Å². The van der Waals surface area contributed by atoms with Gasteiger partial charge in [0.15, 0.2) is 0 Å². The first-order valence-corrected chi connectivity index (χ1v) is 8.52. The highest BCUT2D eigenvalue weighted by Gasteiger charge is 2.34. The third-order valence-electron chi connectivity index (χ3n) is 3.82. The summed E-state index contributed by atoms with van der Waals surface area (Å²) in [7, 11) is 1.53. The van der Waals surface area contributed by atoms with Crippen molar-refractivity contribution in [2.45, 2.75) is 0 Å². The molecule has 1 N–H and O–H groups in total. The van der Waals surface area contributed by atoms with E-state index in [0.29, 0.717) is 27.6 Å². The number of nitrogens with one attached hydrogen (secondary N) is 1. The molecule has 0 atom stereocenters. The van der Waals surface area contributed by atoms with Crippen LogP contribution in [-0.4, -0.2) is 42.2 Å². The summed E-state index contributed by atoms with van der Waals surface area (Å²) in [5.41, 5.74) is 1.37. The number of hydrogen-bond acceptors (Lipinski definition) is 5. The zero-order valence-corrected chi connectivity index (χ0v) is 15.4. The lowest BCUT2D eigenvalue weighted by molar-refractivity contribution is 0.0629. The van der Waals surface area contributed by atoms with Crippen LogP contribution in [0.25, 0.3) is 0 Å². The summed E-state index contributed by atoms with van der Waals surface area (Å²) < 4.78 is 10.6. The SMILES string of the molecule is COc1ccc(Cl)cc1NC(=S)OCCN1C(=O)c2ccccc2C1=O. The summed E-state index contributed by atoms with van der Waals surface area (Å²) >= 11 is 11.1. The first-order valence-electron chi connectivity index (χ1n) is 7.74. The Labute approximate surface area is 160 Å². The molecular weight excluding hydrogens is 376 g/mol. The normalized spacial score (nSPS) is 12.8. The number of amides is 2. The van der Waals surface area contributed by atoms with E-state index in [2.05, 4.69) is 5.32 Å². The Bertz CT molecular complexity index is 852. The van der Waals surface area contributed by atoms with Crippen LogP contribution < -0.4 is 10.1 Å². The van der Waals surface area contributed by atoms with Crippen molar-refractivity contribution < 1.29 is 19.1 Å². The molecule has 0 spiro atoms. The fourth-order valence-electron chi connectivity index (χ4n) is 2.60. The minimum Gasteiger partial charge on any atom is -0.495 e. The van der Waals surface area contributed by atoms with E-state index < -0.39 is 0 Å². The number of anilines is 1. The monoisotopic (exact) mass is 390 g/mol. The number of fused-ring (bicyclic) bond motifs is 1. The van der Waals surface area contributed by atoms with Crippen molar-refractivity contribution in [1.82, 2.24) is 4.90 Å². The molecule has 0 bridgehead atoms. The summed E-state index contributed by atoms with van der Waals surface area (Å²) in [4.78, 5) is 25.7. The molecule has 0 unspecified atom stereocenters. The second-order valence-electron chi connectivity index (χ2n) is 5.41. The molecule has 2 aromatic carbocycles. The maximum atomic E-state index is 12.3. The maximum absolute atomic E-state index is 12.3. The summed E-state index contributed by atoms with van der Waals surface area (Å²) in [5, 5.41) is 3.48. The number of carbonyl (C=O) groups is 2. The lowest BCUT2D eigenvalue weighted by Gasteiger charge is -2.16. The van der Waals surface area contributed by atoms with Crippen molar-refractivity contribution in [1.29, 1.82) is 0 Å². The second-order valence-corrected chi connectivity index (χ2v) is 6.22. The minimum absolute atomic E-state index is 0.0696. The third kappa shape index (κ3) is 3.63. The van der Waals surface area contributed by atoms with Gasteiger partial charge in [-0.3, -0.25) is 14.5 Å². The number of hydrogen-bond donors (Lipinski definition) is 1. The summed E-state index contributed by atoms with van der Waals surface area (Å²) in [5.74, 6) is -0.102. The van der Waals surface area contributed by atoms with Crippen molar-refractivity contribution in [2.75, 3.05) is 25.6 Å². The Kier molecular flexibility index (Phi) is 5.39. The second kappa shape index (κ2) is 7.72. The van der Waals surface area contributed by atoms with Crippen LogP contribution in [-0.2, 0) is 4.74 Å². The van der Waals surface area contributed by atoms with Gasteiger partial charge in [-0.25, -0.2) is 0 Å². The first-order chi connectivity index (χ1) is 12.5. The molecular formula is C18H15ClN2O4S. The summed E-state index contributed by atoms with van der Waals surface area (Å²) in [6.07, 6.45) is 0. The van der Waals surface area contributed by atoms with Gasteiger partial charge in [0.05, 0.1) is 30.5 Å². The van der Waals surface area contributed by atoms with Crippen molar-refractivity contribution >= 4 is 46.5 Å². The number of benzene rings is 2. The first kappa shape index (κ1) is 18.2. The number of nitrogens with zero attached hydrogens (tertiary/aromatic N) is 1. The van der Waals surface area contributed by atoms with E-state index in [1.807, 2.05) is 0 Å². The molecule has 134 valence electrons. The fourth-order valence-corrected chi connectivity index (χ4v) is 2.96. The average molecular weight is 391 g/mol. The van der Waals surface area contributed by atoms with Gasteiger partial charge < -0.3 is 14.8 Å². The van der Waals surface area contributed by atoms with Gasteiger partial charge in [0.1, 0.15) is 12.4 Å². The lowest BCUT2D eigenvalue weighted by Crippen LogP contribution is -2.33. The van der Waals surface area contributed by atoms with Crippen molar-refractivity contribution in [3.05, 3.63) is 58.6 Å². The Hall–Kier alpha value is -2.64. The molecule has 6 nitrogen and oxygen atoms in total. The van der Waals surface area contributed by atoms with Gasteiger partial charge in [-0.1, -0.05) is 23.7 Å². The molecule has 2 amide bonds. The van der Waals surface area contributed by atoms with Gasteiger partial charge in [0.25, 0.3) is 17.0 Å². The molecule has 0 saturated carbocycles. The van der Waals surface area contributed by atoms with Gasteiger partial charge in [0, 0.05) is 5.02 Å². The molecule has 1 aliphatic heterocycles. The minimum atomic E-state index is -0.329. The number of thiocarbonyl (C=S) groups is 1. The Morgan fingerprint density at radius 3 is 2.42 bits per heavy atom. The van der Waals surface area contributed by atoms with Crippen molar-refractivity contribution in [3.63, 3.8) is 0 Å². The van der Waals surface area contributed by atoms with E-state index in [9.17, 15) is 9.59 Å². The smallest absolute Gasteiger partial charge is 0.261 e. The highest BCUT2D eigenvalue weighted by atomic mass is 35.5. The van der Waals surface area contributed by atoms with Gasteiger partial charge in [0.2, 0.25) is 0 Å². The molecule has 0 radical (unpaired) electrons. The van der Waals surface area contributed by atoms with Crippen molar-refractivity contribution in [2.24, 2.45) is 0 Å². The Morgan fingerprint density at radius 1 is 1.15 bits per heavy atom. The van der Waals surface area contributed by atoms with E-state index in [1.54, 1.807) is 42.5 Å². The third-order valence-corrected chi connectivity index (χ3v) is 4.28. The number of ether oxygens (including phenoxy) is 2. The molecule has 1 aliphatic rings. The molecule has 8 heteroatoms. The summed E-state index contributed by atoms with van der Waals surface area (Å²) in [6.45, 7) is 0.168. The molecule has 2 aromatic rings. The van der Waals surface area contributed by atoms with E-state index in [4.69, 9.17) is 33.3 Å². The Balaban J connectivity index is 1.56. The molecule has 26 heavy (non-hydrogen) atoms. The molecule has 0 aromatic heterocycles. The highest BCUT2D eigenvalue weighted by Crippen LogP contribution is 2.28. The van der Waals surface area contributed by atoms with Gasteiger partial charge in [-0.05, 0) is 42.5 Å². The molecule has 3 rings (SSSR count). The Morgan fingerprint density at radius 2 is 1.81 bits per heavy atom. The number of carbonyl (C=O) groups excluding carboxylic acids is 2. The predicted molar refractivity (Wildman–Crippen MR) is 102 cm³/mol. The van der Waals surface area contributed by atoms with E-state index >= 15 is 0 Å². The van der Waals surface area contributed by atoms with Crippen LogP contribution >= 0.6 is 23.8 Å². The van der Waals surface area contributed by atoms with Crippen LogP contribution in [0, 0.1) is 0 Å². The predicted octanol–water partition coefficient (Wildman–Crippen LogP) is 3.36. The number of halogens is 1. The molecule has 0 saturated heterocycles. The molecule has 1 heterocycles. The van der Waals surface area contributed by atoms with Gasteiger partial charge in [-0.2, -0.15) is 0 Å². The maximum Gasteiger partial charge on any atom is 0.261 e. The van der Waals surface area contributed by atoms with E-state index in [-0.39, 0.29) is 30.1 Å². The standard InChI is InChI=1S/C18H15ClN2O4S/c1-24-15-7-6-11(19)10-14(15)20-18(26)25-9-8-21-16(22)12-4-2-3-5-13(12)17(21)23/h2-7,10H,8-9H2,1H3,(H,20,26). The van der Waals surface area contributed by atoms with Crippen LogP contribution in [0.1, 0.15) is 20.7 Å². The van der Waals surface area contributed by atoms with Crippen molar-refractivity contribution in [3.8, 4) is 5.75 Å². The average Bonchev–Trinajstić information content (AvgIpc) is 2.87. The zero-order chi connectivity index (χ0) is 18.7. The quantitative estimate of drug-likeness (QED) is 0.623. The van der Waals surface area contributed by atoms with Gasteiger partial charge in [-0.15, -0.1) is 0 Å². The number of methoxy groups -OCH3 is 1. The number of rotatable bonds is 5. The van der Waals surface area contributed by atoms with Crippen LogP contribution in [0.3, 0.4) is 0 Å². The number of imide groups is 1. The van der Waals surface area contributed by atoms with E-state index in [1.165, 1.54) is 7.11 Å². The van der Waals surface area contributed by atoms with Crippen LogP contribution in [0.5, 0.6) is 5.75 Å². The van der Waals surface area contributed by atoms with Crippen LogP contribution in [0.2, 0.25) is 5.02 Å². The largest absolute Gasteiger partial charge is 0.495 e. The fraction of sp³-hybridized carbons (Fsp3) is 0.167. The zero-order valence-electron chi connectivity index (χ0n) is 13.8. The summed E-state index contributed by atoms with van der Waals surface area (Å²) in [6, 6.07) is 11.8. The van der Waals surface area contributed by atoms with Gasteiger partial charge >= 0.3 is 0 Å². The molecule has 0 fully saturated rings. The van der Waals surface area contributed by atoms with Crippen LogP contribution in [0.15, 0.2) is 42.5 Å².